The van der Waals surface area contributed by atoms with Crippen molar-refractivity contribution in [1.82, 2.24) is 9.80 Å². The number of rotatable bonds is 9. The van der Waals surface area contributed by atoms with Gasteiger partial charge in [0.1, 0.15) is 18.9 Å². The van der Waals surface area contributed by atoms with E-state index in [1.807, 2.05) is 67.3 Å². The van der Waals surface area contributed by atoms with E-state index in [9.17, 15) is 9.59 Å². The quantitative estimate of drug-likeness (QED) is 0.353. The van der Waals surface area contributed by atoms with Crippen LogP contribution in [0.2, 0.25) is 0 Å². The number of hydrogen-bond acceptors (Lipinski definition) is 4. The average molecular weight is 520 g/mol. The summed E-state index contributed by atoms with van der Waals surface area (Å²) < 4.78 is 6.15. The van der Waals surface area contributed by atoms with E-state index in [0.717, 1.165) is 35.4 Å². The molecule has 2 unspecified atom stereocenters. The maximum atomic E-state index is 13.7. The first-order chi connectivity index (χ1) is 17.8. The lowest BCUT2D eigenvalue weighted by molar-refractivity contribution is -0.135. The number of ether oxygens (including phenoxy) is 1. The number of thiophene rings is 1. The Labute approximate surface area is 224 Å². The lowest BCUT2D eigenvalue weighted by atomic mass is 10.00. The van der Waals surface area contributed by atoms with E-state index in [4.69, 9.17) is 4.74 Å². The summed E-state index contributed by atoms with van der Waals surface area (Å²) in [6.07, 6.45) is 1.75. The predicted octanol–water partition coefficient (Wildman–Crippen LogP) is 6.45. The molecule has 0 saturated heterocycles. The van der Waals surface area contributed by atoms with Crippen LogP contribution in [0.3, 0.4) is 0 Å². The molecule has 0 saturated carbocycles. The van der Waals surface area contributed by atoms with Crippen LogP contribution in [-0.4, -0.2) is 48.0 Å². The number of anilines is 1. The van der Waals surface area contributed by atoms with Gasteiger partial charge in [-0.2, -0.15) is 0 Å². The molecule has 1 N–H and O–H groups in total. The van der Waals surface area contributed by atoms with Crippen LogP contribution in [0.25, 0.3) is 0 Å². The molecule has 1 aromatic heterocycles. The number of nitrogens with one attached hydrogen (secondary N) is 1. The first-order valence-corrected chi connectivity index (χ1v) is 13.9. The molecule has 1 aliphatic rings. The van der Waals surface area contributed by atoms with Gasteiger partial charge in [-0.25, -0.2) is 4.79 Å². The van der Waals surface area contributed by atoms with Gasteiger partial charge in [-0.05, 0) is 67.5 Å². The number of aryl methyl sites for hydroxylation is 2. The third-order valence-corrected chi connectivity index (χ3v) is 7.99. The number of fused-ring (bicyclic) bond motifs is 1. The van der Waals surface area contributed by atoms with Crippen LogP contribution in [0.15, 0.2) is 60.0 Å². The molecule has 2 aromatic carbocycles. The Morgan fingerprint density at radius 1 is 1.08 bits per heavy atom. The van der Waals surface area contributed by atoms with Gasteiger partial charge in [0.2, 0.25) is 5.91 Å². The van der Waals surface area contributed by atoms with Gasteiger partial charge in [-0.15, -0.1) is 11.3 Å². The van der Waals surface area contributed by atoms with Gasteiger partial charge in [-0.1, -0.05) is 55.7 Å². The standard InChI is InChI=1S/C30H37N3O3S/c1-5-21(2)18-32(30(35)31-24-10-6-22(3)7-11-24)19-29(34)33-16-14-28-26(15-17-37-28)27(33)20-36-25-12-8-23(4)9-13-25/h6-13,15,17,21,27H,5,14,16,18-20H2,1-4H3,(H,31,35). The number of carbonyl (C=O) groups excluding carboxylic acids is 2. The molecule has 3 aromatic rings. The van der Waals surface area contributed by atoms with E-state index in [1.54, 1.807) is 16.2 Å². The van der Waals surface area contributed by atoms with Crippen LogP contribution in [-0.2, 0) is 11.2 Å². The lowest BCUT2D eigenvalue weighted by Gasteiger charge is -2.37. The van der Waals surface area contributed by atoms with E-state index in [1.165, 1.54) is 10.4 Å². The molecule has 4 rings (SSSR count). The van der Waals surface area contributed by atoms with Crippen LogP contribution < -0.4 is 10.1 Å². The molecule has 2 atom stereocenters. The van der Waals surface area contributed by atoms with Crippen LogP contribution in [0.5, 0.6) is 5.75 Å². The number of carbonyl (C=O) groups is 2. The second-order valence-corrected chi connectivity index (χ2v) is 11.0. The van der Waals surface area contributed by atoms with Gasteiger partial charge in [0.15, 0.2) is 0 Å². The number of hydrogen-bond donors (Lipinski definition) is 1. The zero-order valence-electron chi connectivity index (χ0n) is 22.2. The summed E-state index contributed by atoms with van der Waals surface area (Å²) in [7, 11) is 0. The SMILES string of the molecule is CCC(C)CN(CC(=O)N1CCc2sccc2C1COc1ccc(C)cc1)C(=O)Nc1ccc(C)cc1. The number of benzene rings is 2. The minimum absolute atomic E-state index is 0.0303. The summed E-state index contributed by atoms with van der Waals surface area (Å²) in [5, 5.41) is 5.06. The largest absolute Gasteiger partial charge is 0.491 e. The van der Waals surface area contributed by atoms with Crippen molar-refractivity contribution >= 4 is 29.0 Å². The maximum Gasteiger partial charge on any atom is 0.322 e. The number of amides is 3. The molecule has 2 heterocycles. The molecule has 0 fully saturated rings. The molecule has 0 radical (unpaired) electrons. The van der Waals surface area contributed by atoms with Gasteiger partial charge in [0.25, 0.3) is 0 Å². The van der Waals surface area contributed by atoms with Gasteiger partial charge >= 0.3 is 6.03 Å². The molecule has 196 valence electrons. The third-order valence-electron chi connectivity index (χ3n) is 6.99. The summed E-state index contributed by atoms with van der Waals surface area (Å²) in [6, 6.07) is 17.3. The minimum atomic E-state index is -0.252. The fourth-order valence-electron chi connectivity index (χ4n) is 4.50. The van der Waals surface area contributed by atoms with Gasteiger partial charge in [0.05, 0.1) is 6.04 Å². The lowest BCUT2D eigenvalue weighted by Crippen LogP contribution is -2.49. The number of nitrogens with zero attached hydrogens (tertiary/aromatic N) is 2. The second kappa shape index (κ2) is 12.3. The normalized spacial score (nSPS) is 15.6. The monoisotopic (exact) mass is 519 g/mol. The van der Waals surface area contributed by atoms with Crippen LogP contribution >= 0.6 is 11.3 Å². The highest BCUT2D eigenvalue weighted by molar-refractivity contribution is 7.10. The molecule has 6 nitrogen and oxygen atoms in total. The minimum Gasteiger partial charge on any atom is -0.491 e. The summed E-state index contributed by atoms with van der Waals surface area (Å²) in [5.41, 5.74) is 4.17. The molecule has 1 aliphatic heterocycles. The zero-order chi connectivity index (χ0) is 26.4. The van der Waals surface area contributed by atoms with Crippen molar-refractivity contribution in [3.05, 3.63) is 81.5 Å². The van der Waals surface area contributed by atoms with E-state index >= 15 is 0 Å². The maximum absolute atomic E-state index is 13.7. The number of urea groups is 1. The molecule has 37 heavy (non-hydrogen) atoms. The first kappa shape index (κ1) is 26.7. The van der Waals surface area contributed by atoms with Crippen molar-refractivity contribution in [2.75, 3.05) is 31.6 Å². The Balaban J connectivity index is 1.50. The average Bonchev–Trinajstić information content (AvgIpc) is 3.38. The Kier molecular flexibility index (Phi) is 8.87. The van der Waals surface area contributed by atoms with Crippen molar-refractivity contribution < 1.29 is 14.3 Å². The predicted molar refractivity (Wildman–Crippen MR) is 150 cm³/mol. The summed E-state index contributed by atoms with van der Waals surface area (Å²) in [6.45, 7) is 9.80. The highest BCUT2D eigenvalue weighted by Crippen LogP contribution is 2.34. The van der Waals surface area contributed by atoms with Gasteiger partial charge in [-0.3, -0.25) is 4.79 Å². The highest BCUT2D eigenvalue weighted by Gasteiger charge is 2.33. The van der Waals surface area contributed by atoms with Gasteiger partial charge < -0.3 is 19.9 Å². The smallest absolute Gasteiger partial charge is 0.322 e. The fourth-order valence-corrected chi connectivity index (χ4v) is 5.43. The Hall–Kier alpha value is -3.32. The van der Waals surface area contributed by atoms with E-state index < -0.39 is 0 Å². The van der Waals surface area contributed by atoms with Crippen molar-refractivity contribution in [1.29, 1.82) is 0 Å². The summed E-state index contributed by atoms with van der Waals surface area (Å²) >= 11 is 1.73. The molecular formula is C30H37N3O3S. The second-order valence-electron chi connectivity index (χ2n) is 9.97. The zero-order valence-corrected chi connectivity index (χ0v) is 23.0. The summed E-state index contributed by atoms with van der Waals surface area (Å²) in [4.78, 5) is 31.8. The molecule has 0 spiro atoms. The van der Waals surface area contributed by atoms with E-state index in [0.29, 0.717) is 19.7 Å². The van der Waals surface area contributed by atoms with Crippen LogP contribution in [0.4, 0.5) is 10.5 Å². The van der Waals surface area contributed by atoms with Crippen molar-refractivity contribution in [2.24, 2.45) is 5.92 Å². The topological polar surface area (TPSA) is 61.9 Å². The van der Waals surface area contributed by atoms with Crippen molar-refractivity contribution in [3.63, 3.8) is 0 Å². The van der Waals surface area contributed by atoms with E-state index in [2.05, 4.69) is 30.6 Å². The fraction of sp³-hybridized carbons (Fsp3) is 0.400. The Morgan fingerprint density at radius 3 is 2.43 bits per heavy atom. The van der Waals surface area contributed by atoms with Crippen LogP contribution in [0, 0.1) is 19.8 Å². The van der Waals surface area contributed by atoms with Crippen molar-refractivity contribution in [3.8, 4) is 5.75 Å². The Morgan fingerprint density at radius 2 is 1.76 bits per heavy atom. The highest BCUT2D eigenvalue weighted by atomic mass is 32.1. The first-order valence-electron chi connectivity index (χ1n) is 13.0. The molecule has 7 heteroatoms. The molecule has 3 amide bonds. The third kappa shape index (κ3) is 6.92. The van der Waals surface area contributed by atoms with Crippen molar-refractivity contribution in [2.45, 2.75) is 46.6 Å². The Bertz CT molecular complexity index is 1190. The van der Waals surface area contributed by atoms with Gasteiger partial charge in [0, 0.05) is 23.7 Å². The van der Waals surface area contributed by atoms with E-state index in [-0.39, 0.29) is 30.4 Å². The molecule has 0 bridgehead atoms. The van der Waals surface area contributed by atoms with Crippen LogP contribution in [0.1, 0.15) is 47.9 Å². The molecule has 0 aliphatic carbocycles. The summed E-state index contributed by atoms with van der Waals surface area (Å²) in [5.74, 6) is 1.01. The molecular weight excluding hydrogens is 482 g/mol.